The molecule has 1 aliphatic heterocycles. The van der Waals surface area contributed by atoms with Crippen LogP contribution in [0, 0.1) is 11.9 Å². The normalized spacial score (nSPS) is 16.1. The van der Waals surface area contributed by atoms with E-state index in [0.29, 0.717) is 24.5 Å². The minimum Gasteiger partial charge on any atom is -0.382 e. The van der Waals surface area contributed by atoms with Crippen LogP contribution in [0.5, 0.6) is 0 Å². The number of nitrogens with zero attached hydrogens (tertiary/aromatic N) is 3. The van der Waals surface area contributed by atoms with Gasteiger partial charge in [0, 0.05) is 60.1 Å². The van der Waals surface area contributed by atoms with Gasteiger partial charge in [0.05, 0.1) is 0 Å². The number of carbonyl (C=O) groups is 2. The largest absolute Gasteiger partial charge is 0.382 e. The lowest BCUT2D eigenvalue weighted by molar-refractivity contribution is -0.117. The van der Waals surface area contributed by atoms with Gasteiger partial charge in [-0.1, -0.05) is 12.1 Å². The number of pyridine rings is 2. The molecule has 1 aromatic carbocycles. The Morgan fingerprint density at radius 3 is 2.51 bits per heavy atom. The van der Waals surface area contributed by atoms with Crippen LogP contribution in [0.1, 0.15) is 36.0 Å². The van der Waals surface area contributed by atoms with Crippen molar-refractivity contribution in [2.24, 2.45) is 5.92 Å². The van der Waals surface area contributed by atoms with Crippen molar-refractivity contribution in [3.8, 4) is 11.1 Å². The van der Waals surface area contributed by atoms with E-state index in [4.69, 9.17) is 0 Å². The molecule has 8 nitrogen and oxygen atoms in total. The molecule has 2 amide bonds. The standard InChI is InChI=1S/C28H27FN6O2/c29-24-15-19(7-11-30-24)28(37)35-13-9-21(10-14-35)32-20-5-3-17(4-6-20)23-16-25(34-27(36)18-1-2-18)33-26-22(23)8-12-31-26/h3-8,11-12,15-16,18,21,32H,1-2,9-10,13-14H2,(H2,31,33,34,36). The van der Waals surface area contributed by atoms with Gasteiger partial charge in [-0.15, -0.1) is 0 Å². The second kappa shape index (κ2) is 9.65. The molecule has 3 N–H and O–H groups in total. The number of benzene rings is 1. The Hall–Kier alpha value is -4.27. The van der Waals surface area contributed by atoms with Crippen LogP contribution in [0.15, 0.2) is 60.9 Å². The van der Waals surface area contributed by atoms with Crippen molar-refractivity contribution in [3.05, 3.63) is 72.4 Å². The summed E-state index contributed by atoms with van der Waals surface area (Å²) in [5.41, 5.74) is 4.11. The third kappa shape index (κ3) is 5.02. The Labute approximate surface area is 213 Å². The van der Waals surface area contributed by atoms with E-state index >= 15 is 0 Å². The number of aromatic nitrogens is 3. The number of piperidine rings is 1. The maximum atomic E-state index is 13.4. The molecule has 4 aromatic rings. The van der Waals surface area contributed by atoms with E-state index in [1.165, 1.54) is 12.3 Å². The highest BCUT2D eigenvalue weighted by molar-refractivity contribution is 5.99. The predicted octanol–water partition coefficient (Wildman–Crippen LogP) is 4.83. The zero-order valence-corrected chi connectivity index (χ0v) is 20.2. The second-order valence-corrected chi connectivity index (χ2v) is 9.71. The number of aromatic amines is 1. The van der Waals surface area contributed by atoms with E-state index in [0.717, 1.165) is 53.5 Å². The second-order valence-electron chi connectivity index (χ2n) is 9.71. The van der Waals surface area contributed by atoms with Crippen LogP contribution in [0.25, 0.3) is 22.2 Å². The summed E-state index contributed by atoms with van der Waals surface area (Å²) in [6, 6.07) is 15.1. The summed E-state index contributed by atoms with van der Waals surface area (Å²) >= 11 is 0. The molecule has 0 unspecified atom stereocenters. The molecule has 1 saturated carbocycles. The molecule has 4 heterocycles. The summed E-state index contributed by atoms with van der Waals surface area (Å²) in [6.45, 7) is 1.22. The summed E-state index contributed by atoms with van der Waals surface area (Å²) < 4.78 is 13.4. The van der Waals surface area contributed by atoms with Crippen molar-refractivity contribution in [1.29, 1.82) is 0 Å². The predicted molar refractivity (Wildman–Crippen MR) is 140 cm³/mol. The van der Waals surface area contributed by atoms with E-state index in [-0.39, 0.29) is 23.8 Å². The summed E-state index contributed by atoms with van der Waals surface area (Å²) in [5, 5.41) is 7.52. The number of anilines is 2. The topological polar surface area (TPSA) is 103 Å². The van der Waals surface area contributed by atoms with Crippen LogP contribution in [0.3, 0.4) is 0 Å². The van der Waals surface area contributed by atoms with Gasteiger partial charge < -0.3 is 20.5 Å². The number of likely N-dealkylation sites (tertiary alicyclic amines) is 1. The van der Waals surface area contributed by atoms with Crippen LogP contribution >= 0.6 is 0 Å². The highest BCUT2D eigenvalue weighted by Gasteiger charge is 2.30. The van der Waals surface area contributed by atoms with Crippen molar-refractivity contribution < 1.29 is 14.0 Å². The first-order chi connectivity index (χ1) is 18.0. The van der Waals surface area contributed by atoms with Gasteiger partial charge in [0.2, 0.25) is 11.9 Å². The maximum Gasteiger partial charge on any atom is 0.254 e. The molecular formula is C28H27FN6O2. The molecule has 2 fully saturated rings. The van der Waals surface area contributed by atoms with E-state index in [1.54, 1.807) is 11.0 Å². The number of rotatable bonds is 6. The minimum atomic E-state index is -0.644. The molecule has 0 atom stereocenters. The lowest BCUT2D eigenvalue weighted by Crippen LogP contribution is -2.42. The number of halogens is 1. The molecular weight excluding hydrogens is 471 g/mol. The fourth-order valence-electron chi connectivity index (χ4n) is 4.84. The van der Waals surface area contributed by atoms with E-state index in [1.807, 2.05) is 30.5 Å². The Balaban J connectivity index is 1.11. The number of nitrogens with one attached hydrogen (secondary N) is 3. The van der Waals surface area contributed by atoms with Crippen LogP contribution in [0.2, 0.25) is 0 Å². The van der Waals surface area contributed by atoms with Gasteiger partial charge in [-0.25, -0.2) is 9.97 Å². The van der Waals surface area contributed by atoms with Gasteiger partial charge in [0.15, 0.2) is 0 Å². The molecule has 37 heavy (non-hydrogen) atoms. The monoisotopic (exact) mass is 498 g/mol. The molecule has 188 valence electrons. The fraction of sp³-hybridized carbons (Fsp3) is 0.286. The molecule has 0 bridgehead atoms. The number of fused-ring (bicyclic) bond motifs is 1. The first-order valence-electron chi connectivity index (χ1n) is 12.6. The number of amides is 2. The summed E-state index contributed by atoms with van der Waals surface area (Å²) in [5.74, 6) is -0.109. The lowest BCUT2D eigenvalue weighted by atomic mass is 10.0. The van der Waals surface area contributed by atoms with Crippen molar-refractivity contribution in [1.82, 2.24) is 19.9 Å². The molecule has 1 aliphatic carbocycles. The van der Waals surface area contributed by atoms with Crippen molar-refractivity contribution in [3.63, 3.8) is 0 Å². The van der Waals surface area contributed by atoms with Crippen LogP contribution < -0.4 is 10.6 Å². The molecule has 0 radical (unpaired) electrons. The van der Waals surface area contributed by atoms with Crippen LogP contribution in [-0.2, 0) is 4.79 Å². The smallest absolute Gasteiger partial charge is 0.254 e. The maximum absolute atomic E-state index is 13.4. The highest BCUT2D eigenvalue weighted by Crippen LogP contribution is 2.33. The van der Waals surface area contributed by atoms with Crippen molar-refractivity contribution in [2.75, 3.05) is 23.7 Å². The number of hydrogen-bond donors (Lipinski definition) is 3. The summed E-state index contributed by atoms with van der Waals surface area (Å²) in [4.78, 5) is 37.9. The van der Waals surface area contributed by atoms with Gasteiger partial charge in [-0.2, -0.15) is 4.39 Å². The van der Waals surface area contributed by atoms with Gasteiger partial charge in [-0.05, 0) is 67.1 Å². The Morgan fingerprint density at radius 1 is 1.00 bits per heavy atom. The first kappa shape index (κ1) is 23.1. The van der Waals surface area contributed by atoms with Crippen molar-refractivity contribution in [2.45, 2.75) is 31.7 Å². The fourth-order valence-corrected chi connectivity index (χ4v) is 4.84. The quantitative estimate of drug-likeness (QED) is 0.331. The van der Waals surface area contributed by atoms with E-state index in [2.05, 4.69) is 37.7 Å². The van der Waals surface area contributed by atoms with Gasteiger partial charge in [0.25, 0.3) is 5.91 Å². The number of H-pyrrole nitrogens is 1. The third-order valence-electron chi connectivity index (χ3n) is 7.05. The highest BCUT2D eigenvalue weighted by atomic mass is 19.1. The molecule has 3 aromatic heterocycles. The zero-order chi connectivity index (χ0) is 25.4. The molecule has 6 rings (SSSR count). The lowest BCUT2D eigenvalue weighted by Gasteiger charge is -2.33. The van der Waals surface area contributed by atoms with Crippen molar-refractivity contribution >= 4 is 34.4 Å². The zero-order valence-electron chi connectivity index (χ0n) is 20.2. The first-order valence-corrected chi connectivity index (χ1v) is 12.6. The average molecular weight is 499 g/mol. The SMILES string of the molecule is O=C(Nc1cc(-c2ccc(NC3CCN(C(=O)c4ccnc(F)c4)CC3)cc2)c2cc[nH]c2n1)C1CC1. The van der Waals surface area contributed by atoms with Crippen LogP contribution in [0.4, 0.5) is 15.9 Å². The molecule has 0 spiro atoms. The average Bonchev–Trinajstić information content (AvgIpc) is 3.67. The summed E-state index contributed by atoms with van der Waals surface area (Å²) in [6.07, 6.45) is 6.67. The van der Waals surface area contributed by atoms with Gasteiger partial charge in [0.1, 0.15) is 11.5 Å². The van der Waals surface area contributed by atoms with Gasteiger partial charge in [-0.3, -0.25) is 9.59 Å². The molecule has 1 saturated heterocycles. The Bertz CT molecular complexity index is 1460. The van der Waals surface area contributed by atoms with E-state index < -0.39 is 5.95 Å². The summed E-state index contributed by atoms with van der Waals surface area (Å²) in [7, 11) is 0. The molecule has 9 heteroatoms. The number of carbonyl (C=O) groups excluding carboxylic acids is 2. The van der Waals surface area contributed by atoms with Gasteiger partial charge >= 0.3 is 0 Å². The Morgan fingerprint density at radius 2 is 1.78 bits per heavy atom. The molecule has 2 aliphatic rings. The number of hydrogen-bond acceptors (Lipinski definition) is 5. The third-order valence-corrected chi connectivity index (χ3v) is 7.05. The van der Waals surface area contributed by atoms with Crippen LogP contribution in [-0.4, -0.2) is 50.8 Å². The minimum absolute atomic E-state index is 0.0320. The van der Waals surface area contributed by atoms with E-state index in [9.17, 15) is 14.0 Å². The Kier molecular flexibility index (Phi) is 6.04.